The summed E-state index contributed by atoms with van der Waals surface area (Å²) in [5, 5.41) is 5.28. The third-order valence-electron chi connectivity index (χ3n) is 3.15. The summed E-state index contributed by atoms with van der Waals surface area (Å²) in [4.78, 5) is 19.1. The van der Waals surface area contributed by atoms with Crippen molar-refractivity contribution < 1.29 is 18.0 Å². The van der Waals surface area contributed by atoms with Crippen LogP contribution in [0.1, 0.15) is 21.6 Å². The second-order valence-corrected chi connectivity index (χ2v) is 5.02. The van der Waals surface area contributed by atoms with Gasteiger partial charge in [0.1, 0.15) is 5.69 Å². The Morgan fingerprint density at radius 1 is 1.25 bits per heavy atom. The third kappa shape index (κ3) is 4.58. The van der Waals surface area contributed by atoms with Gasteiger partial charge in [0.05, 0.1) is 0 Å². The van der Waals surface area contributed by atoms with Crippen molar-refractivity contribution in [3.8, 4) is 0 Å². The van der Waals surface area contributed by atoms with Crippen LogP contribution in [0.15, 0.2) is 30.5 Å². The molecule has 0 aliphatic heterocycles. The van der Waals surface area contributed by atoms with Crippen LogP contribution >= 0.6 is 0 Å². The number of aromatic nitrogens is 2. The lowest BCUT2D eigenvalue weighted by molar-refractivity contribution is -0.141. The standard InChI is InChI=1S/C15H16F3N5O/c1-9-2-3-10(19)8-11(9)13(24)20-6-7-22-14-21-5-4-12(23-14)15(16,17)18/h2-5,8H,6-7,19H2,1H3,(H,20,24)(H,21,22,23). The lowest BCUT2D eigenvalue weighted by atomic mass is 10.1. The van der Waals surface area contributed by atoms with Crippen LogP contribution < -0.4 is 16.4 Å². The first-order chi connectivity index (χ1) is 11.3. The molecule has 1 heterocycles. The molecule has 2 rings (SSSR count). The summed E-state index contributed by atoms with van der Waals surface area (Å²) in [6, 6.07) is 5.78. The minimum atomic E-state index is -4.53. The quantitative estimate of drug-likeness (QED) is 0.574. The van der Waals surface area contributed by atoms with Crippen molar-refractivity contribution >= 4 is 17.5 Å². The molecular formula is C15H16F3N5O. The van der Waals surface area contributed by atoms with E-state index in [2.05, 4.69) is 20.6 Å². The van der Waals surface area contributed by atoms with E-state index in [-0.39, 0.29) is 24.9 Å². The van der Waals surface area contributed by atoms with E-state index in [0.29, 0.717) is 11.3 Å². The number of nitrogens with one attached hydrogen (secondary N) is 2. The van der Waals surface area contributed by atoms with E-state index in [1.807, 2.05) is 0 Å². The number of carbonyl (C=O) groups is 1. The average Bonchev–Trinajstić information content (AvgIpc) is 2.53. The first kappa shape index (κ1) is 17.5. The Bertz CT molecular complexity index is 733. The normalized spacial score (nSPS) is 11.2. The molecule has 1 amide bonds. The molecule has 0 fully saturated rings. The van der Waals surface area contributed by atoms with Gasteiger partial charge in [-0.15, -0.1) is 0 Å². The van der Waals surface area contributed by atoms with Crippen LogP contribution in [-0.2, 0) is 6.18 Å². The summed E-state index contributed by atoms with van der Waals surface area (Å²) in [6.07, 6.45) is -3.51. The Balaban J connectivity index is 1.87. The maximum absolute atomic E-state index is 12.5. The number of nitrogens with two attached hydrogens (primary N) is 1. The average molecular weight is 339 g/mol. The number of hydrogen-bond acceptors (Lipinski definition) is 5. The predicted octanol–water partition coefficient (Wildman–Crippen LogP) is 2.23. The lowest BCUT2D eigenvalue weighted by Gasteiger charge is -2.10. The summed E-state index contributed by atoms with van der Waals surface area (Å²) >= 11 is 0. The van der Waals surface area contributed by atoms with E-state index in [4.69, 9.17) is 5.73 Å². The highest BCUT2D eigenvalue weighted by atomic mass is 19.4. The molecule has 128 valence electrons. The van der Waals surface area contributed by atoms with Crippen molar-refractivity contribution in [2.75, 3.05) is 24.1 Å². The first-order valence-corrected chi connectivity index (χ1v) is 7.06. The van der Waals surface area contributed by atoms with Crippen LogP contribution in [-0.4, -0.2) is 29.0 Å². The fourth-order valence-corrected chi connectivity index (χ4v) is 1.93. The molecule has 0 spiro atoms. The smallest absolute Gasteiger partial charge is 0.399 e. The zero-order valence-electron chi connectivity index (χ0n) is 12.8. The van der Waals surface area contributed by atoms with Crippen molar-refractivity contribution in [1.29, 1.82) is 0 Å². The van der Waals surface area contributed by atoms with Gasteiger partial charge in [-0.1, -0.05) is 6.07 Å². The number of anilines is 2. The van der Waals surface area contributed by atoms with Crippen molar-refractivity contribution in [2.45, 2.75) is 13.1 Å². The lowest BCUT2D eigenvalue weighted by Crippen LogP contribution is -2.29. The summed E-state index contributed by atoms with van der Waals surface area (Å²) < 4.78 is 37.6. The summed E-state index contributed by atoms with van der Waals surface area (Å²) in [7, 11) is 0. The molecule has 0 atom stereocenters. The summed E-state index contributed by atoms with van der Waals surface area (Å²) in [5.41, 5.74) is 6.31. The van der Waals surface area contributed by atoms with Crippen molar-refractivity contribution in [3.05, 3.63) is 47.3 Å². The molecule has 1 aromatic heterocycles. The highest BCUT2D eigenvalue weighted by molar-refractivity contribution is 5.96. The van der Waals surface area contributed by atoms with Gasteiger partial charge in [0.15, 0.2) is 0 Å². The predicted molar refractivity (Wildman–Crippen MR) is 83.4 cm³/mol. The Hall–Kier alpha value is -2.84. The van der Waals surface area contributed by atoms with E-state index in [0.717, 1.165) is 17.8 Å². The number of amides is 1. The molecule has 0 radical (unpaired) electrons. The fourth-order valence-electron chi connectivity index (χ4n) is 1.93. The van der Waals surface area contributed by atoms with Gasteiger partial charge >= 0.3 is 6.18 Å². The largest absolute Gasteiger partial charge is 0.433 e. The van der Waals surface area contributed by atoms with Gasteiger partial charge in [0.2, 0.25) is 5.95 Å². The van der Waals surface area contributed by atoms with Crippen molar-refractivity contribution in [3.63, 3.8) is 0 Å². The Morgan fingerprint density at radius 3 is 2.71 bits per heavy atom. The molecule has 0 bridgehead atoms. The van der Waals surface area contributed by atoms with Gasteiger partial charge in [-0.05, 0) is 30.7 Å². The molecule has 0 saturated heterocycles. The molecule has 0 saturated carbocycles. The van der Waals surface area contributed by atoms with Gasteiger partial charge in [-0.2, -0.15) is 13.2 Å². The van der Waals surface area contributed by atoms with E-state index >= 15 is 0 Å². The molecule has 0 unspecified atom stereocenters. The maximum Gasteiger partial charge on any atom is 0.433 e. The Morgan fingerprint density at radius 2 is 2.00 bits per heavy atom. The summed E-state index contributed by atoms with van der Waals surface area (Å²) in [5.74, 6) is -0.467. The SMILES string of the molecule is Cc1ccc(N)cc1C(=O)NCCNc1nccc(C(F)(F)F)n1. The van der Waals surface area contributed by atoms with Crippen LogP contribution in [0.2, 0.25) is 0 Å². The van der Waals surface area contributed by atoms with E-state index in [1.54, 1.807) is 25.1 Å². The zero-order valence-corrected chi connectivity index (χ0v) is 12.8. The molecule has 6 nitrogen and oxygen atoms in total. The maximum atomic E-state index is 12.5. The number of hydrogen-bond donors (Lipinski definition) is 3. The molecule has 4 N–H and O–H groups in total. The van der Waals surface area contributed by atoms with Gasteiger partial charge in [0, 0.05) is 30.5 Å². The Labute approximate surface area is 136 Å². The number of rotatable bonds is 5. The molecule has 24 heavy (non-hydrogen) atoms. The number of halogens is 3. The first-order valence-electron chi connectivity index (χ1n) is 7.06. The van der Waals surface area contributed by atoms with E-state index in [9.17, 15) is 18.0 Å². The van der Waals surface area contributed by atoms with E-state index < -0.39 is 11.9 Å². The summed E-state index contributed by atoms with van der Waals surface area (Å²) in [6.45, 7) is 2.14. The number of alkyl halides is 3. The highest BCUT2D eigenvalue weighted by Crippen LogP contribution is 2.27. The minimum absolute atomic E-state index is 0.154. The monoisotopic (exact) mass is 339 g/mol. The number of aryl methyl sites for hydroxylation is 1. The Kier molecular flexibility index (Phi) is 5.22. The fraction of sp³-hybridized carbons (Fsp3) is 0.267. The van der Waals surface area contributed by atoms with Crippen LogP contribution in [0.25, 0.3) is 0 Å². The second kappa shape index (κ2) is 7.16. The number of carbonyl (C=O) groups excluding carboxylic acids is 1. The van der Waals surface area contributed by atoms with Crippen LogP contribution in [0.4, 0.5) is 24.8 Å². The number of nitrogens with zero attached hydrogens (tertiary/aromatic N) is 2. The van der Waals surface area contributed by atoms with Crippen molar-refractivity contribution in [2.24, 2.45) is 0 Å². The van der Waals surface area contributed by atoms with Crippen molar-refractivity contribution in [1.82, 2.24) is 15.3 Å². The second-order valence-electron chi connectivity index (χ2n) is 5.02. The molecule has 0 aliphatic carbocycles. The van der Waals surface area contributed by atoms with Gasteiger partial charge in [-0.3, -0.25) is 4.79 Å². The van der Waals surface area contributed by atoms with Gasteiger partial charge in [0.25, 0.3) is 5.91 Å². The third-order valence-corrected chi connectivity index (χ3v) is 3.15. The molecule has 1 aromatic carbocycles. The molecule has 9 heteroatoms. The molecule has 0 aliphatic rings. The highest BCUT2D eigenvalue weighted by Gasteiger charge is 2.32. The van der Waals surface area contributed by atoms with Crippen LogP contribution in [0.3, 0.4) is 0 Å². The number of benzene rings is 1. The zero-order chi connectivity index (χ0) is 17.7. The number of nitrogen functional groups attached to an aromatic ring is 1. The van der Waals surface area contributed by atoms with Gasteiger partial charge < -0.3 is 16.4 Å². The molecular weight excluding hydrogens is 323 g/mol. The topological polar surface area (TPSA) is 92.9 Å². The van der Waals surface area contributed by atoms with Crippen LogP contribution in [0.5, 0.6) is 0 Å². The van der Waals surface area contributed by atoms with Gasteiger partial charge in [-0.25, -0.2) is 9.97 Å². The minimum Gasteiger partial charge on any atom is -0.399 e. The van der Waals surface area contributed by atoms with E-state index in [1.165, 1.54) is 0 Å². The van der Waals surface area contributed by atoms with Crippen LogP contribution in [0, 0.1) is 6.92 Å². The molecule has 2 aromatic rings.